The van der Waals surface area contributed by atoms with E-state index in [9.17, 15) is 21.6 Å². The van der Waals surface area contributed by atoms with Crippen molar-refractivity contribution in [2.24, 2.45) is 0 Å². The second-order valence-corrected chi connectivity index (χ2v) is 8.62. The topological polar surface area (TPSA) is 52.0 Å². The second-order valence-electron chi connectivity index (χ2n) is 6.61. The van der Waals surface area contributed by atoms with Gasteiger partial charge >= 0.3 is 6.18 Å². The van der Waals surface area contributed by atoms with Crippen molar-refractivity contribution in [2.45, 2.75) is 24.9 Å². The number of aryl methyl sites for hydroxylation is 1. The number of hydrogen-bond donors (Lipinski definition) is 0. The highest BCUT2D eigenvalue weighted by molar-refractivity contribution is 7.90. The van der Waals surface area contributed by atoms with Crippen molar-refractivity contribution in [2.75, 3.05) is 6.26 Å². The number of alkyl halides is 3. The molecular weight excluding hydrogens is 401 g/mol. The first kappa shape index (κ1) is 20.9. The van der Waals surface area contributed by atoms with E-state index in [2.05, 4.69) is 5.10 Å². The summed E-state index contributed by atoms with van der Waals surface area (Å²) in [6, 6.07) is 12.5. The standard InChI is InChI=1S/C21H19F3N2O2S/c1-4-13-26-20(21(22,23)24)18(17-8-6-5-7-14(17)2)19(25-26)15-9-11-16(12-10-15)29(3,27)28/h4-13H,1-3H3. The molecule has 0 radical (unpaired) electrons. The predicted molar refractivity (Wildman–Crippen MR) is 107 cm³/mol. The summed E-state index contributed by atoms with van der Waals surface area (Å²) in [5.74, 6) is 0. The Kier molecular flexibility index (Phi) is 5.40. The van der Waals surface area contributed by atoms with E-state index < -0.39 is 21.7 Å². The van der Waals surface area contributed by atoms with Crippen LogP contribution in [0.3, 0.4) is 0 Å². The van der Waals surface area contributed by atoms with Crippen LogP contribution in [0.4, 0.5) is 13.2 Å². The van der Waals surface area contributed by atoms with Gasteiger partial charge in [0.2, 0.25) is 0 Å². The zero-order chi connectivity index (χ0) is 21.4. The van der Waals surface area contributed by atoms with Crippen molar-refractivity contribution in [3.63, 3.8) is 0 Å². The lowest BCUT2D eigenvalue weighted by Crippen LogP contribution is -2.12. The quantitative estimate of drug-likeness (QED) is 0.565. The van der Waals surface area contributed by atoms with Crippen LogP contribution in [0.25, 0.3) is 28.6 Å². The van der Waals surface area contributed by atoms with Crippen molar-refractivity contribution in [3.05, 3.63) is 65.9 Å². The van der Waals surface area contributed by atoms with E-state index in [-0.39, 0.29) is 16.2 Å². The minimum absolute atomic E-state index is 0.0409. The van der Waals surface area contributed by atoms with Gasteiger partial charge in [0.15, 0.2) is 15.5 Å². The van der Waals surface area contributed by atoms with Gasteiger partial charge in [-0.2, -0.15) is 18.3 Å². The Morgan fingerprint density at radius 1 is 1.03 bits per heavy atom. The molecule has 1 aromatic heterocycles. The van der Waals surface area contributed by atoms with Gasteiger partial charge in [-0.15, -0.1) is 0 Å². The minimum atomic E-state index is -4.64. The van der Waals surface area contributed by atoms with Crippen LogP contribution in [0.15, 0.2) is 59.5 Å². The molecule has 0 spiro atoms. The third-order valence-corrected chi connectivity index (χ3v) is 5.57. The minimum Gasteiger partial charge on any atom is -0.235 e. The fraction of sp³-hybridized carbons (Fsp3) is 0.190. The van der Waals surface area contributed by atoms with Crippen molar-refractivity contribution >= 4 is 16.0 Å². The molecule has 0 aliphatic rings. The maximum absolute atomic E-state index is 14.0. The first-order valence-corrected chi connectivity index (χ1v) is 10.6. The van der Waals surface area contributed by atoms with E-state index in [1.807, 2.05) is 0 Å². The number of hydrogen-bond acceptors (Lipinski definition) is 3. The van der Waals surface area contributed by atoms with Crippen LogP contribution in [0, 0.1) is 6.92 Å². The highest BCUT2D eigenvalue weighted by Crippen LogP contribution is 2.43. The van der Waals surface area contributed by atoms with E-state index in [0.717, 1.165) is 10.9 Å². The van der Waals surface area contributed by atoms with Crippen LogP contribution in [0.2, 0.25) is 0 Å². The SMILES string of the molecule is CC=Cn1nc(-c2ccc(S(C)(=O)=O)cc2)c(-c2ccccc2C)c1C(F)(F)F. The number of sulfone groups is 1. The van der Waals surface area contributed by atoms with Crippen molar-refractivity contribution < 1.29 is 21.6 Å². The van der Waals surface area contributed by atoms with Gasteiger partial charge in [0.25, 0.3) is 0 Å². The molecule has 0 N–H and O–H groups in total. The number of nitrogens with zero attached hydrogens (tertiary/aromatic N) is 2. The Labute approximate surface area is 167 Å². The summed E-state index contributed by atoms with van der Waals surface area (Å²) >= 11 is 0. The van der Waals surface area contributed by atoms with Crippen molar-refractivity contribution in [1.29, 1.82) is 0 Å². The number of aromatic nitrogens is 2. The van der Waals surface area contributed by atoms with Crippen LogP contribution in [-0.4, -0.2) is 24.5 Å². The highest BCUT2D eigenvalue weighted by Gasteiger charge is 2.40. The Hall–Kier alpha value is -2.87. The molecule has 0 amide bonds. The van der Waals surface area contributed by atoms with Crippen LogP contribution in [-0.2, 0) is 16.0 Å². The van der Waals surface area contributed by atoms with Crippen LogP contribution in [0.5, 0.6) is 0 Å². The zero-order valence-electron chi connectivity index (χ0n) is 16.0. The van der Waals surface area contributed by atoms with Gasteiger partial charge in [0.1, 0.15) is 5.69 Å². The summed E-state index contributed by atoms with van der Waals surface area (Å²) in [4.78, 5) is 0.0858. The molecule has 1 heterocycles. The summed E-state index contributed by atoms with van der Waals surface area (Å²) in [5, 5.41) is 4.21. The zero-order valence-corrected chi connectivity index (χ0v) is 16.8. The van der Waals surface area contributed by atoms with Gasteiger partial charge in [-0.25, -0.2) is 13.1 Å². The normalized spacial score (nSPS) is 12.6. The molecule has 29 heavy (non-hydrogen) atoms. The van der Waals surface area contributed by atoms with E-state index in [1.165, 1.54) is 36.5 Å². The third kappa shape index (κ3) is 4.12. The monoisotopic (exact) mass is 420 g/mol. The molecule has 0 atom stereocenters. The molecule has 152 valence electrons. The van der Waals surface area contributed by atoms with Crippen molar-refractivity contribution in [1.82, 2.24) is 9.78 Å². The molecule has 0 saturated carbocycles. The maximum Gasteiger partial charge on any atom is 0.434 e. The summed E-state index contributed by atoms with van der Waals surface area (Å²) in [6.07, 6.45) is -0.849. The predicted octanol–water partition coefficient (Wildman–Crippen LogP) is 5.44. The number of allylic oxidation sites excluding steroid dienone is 1. The molecule has 0 unspecified atom stereocenters. The van der Waals surface area contributed by atoms with E-state index in [4.69, 9.17) is 0 Å². The third-order valence-electron chi connectivity index (χ3n) is 4.44. The lowest BCUT2D eigenvalue weighted by molar-refractivity contribution is -0.142. The van der Waals surface area contributed by atoms with Gasteiger partial charge in [0, 0.05) is 23.6 Å². The smallest absolute Gasteiger partial charge is 0.235 e. The van der Waals surface area contributed by atoms with Gasteiger partial charge in [0.05, 0.1) is 4.90 Å². The number of rotatable bonds is 4. The largest absolute Gasteiger partial charge is 0.434 e. The average molecular weight is 420 g/mol. The molecule has 2 aromatic carbocycles. The lowest BCUT2D eigenvalue weighted by atomic mass is 9.95. The summed E-state index contributed by atoms with van der Waals surface area (Å²) in [5.41, 5.74) is 0.687. The fourth-order valence-corrected chi connectivity index (χ4v) is 3.76. The number of halogens is 3. The summed E-state index contributed by atoms with van der Waals surface area (Å²) in [7, 11) is -3.42. The first-order chi connectivity index (χ1) is 13.5. The molecule has 3 rings (SSSR count). The molecule has 0 aliphatic heterocycles. The molecule has 0 fully saturated rings. The summed E-state index contributed by atoms with van der Waals surface area (Å²) < 4.78 is 66.3. The molecule has 4 nitrogen and oxygen atoms in total. The van der Waals surface area contributed by atoms with E-state index in [1.54, 1.807) is 38.1 Å². The Balaban J connectivity index is 2.37. The molecule has 0 aliphatic carbocycles. The first-order valence-electron chi connectivity index (χ1n) is 8.73. The lowest BCUT2D eigenvalue weighted by Gasteiger charge is -2.13. The Bertz CT molecular complexity index is 1180. The van der Waals surface area contributed by atoms with E-state index in [0.29, 0.717) is 16.7 Å². The number of benzene rings is 2. The Morgan fingerprint density at radius 3 is 2.17 bits per heavy atom. The fourth-order valence-electron chi connectivity index (χ4n) is 3.13. The second kappa shape index (κ2) is 7.51. The molecule has 0 saturated heterocycles. The van der Waals surface area contributed by atoms with Crippen LogP contribution >= 0.6 is 0 Å². The molecular formula is C21H19F3N2O2S. The van der Waals surface area contributed by atoms with Gasteiger partial charge < -0.3 is 0 Å². The van der Waals surface area contributed by atoms with Gasteiger partial charge in [-0.3, -0.25) is 0 Å². The van der Waals surface area contributed by atoms with Crippen LogP contribution in [0.1, 0.15) is 18.2 Å². The average Bonchev–Trinajstić information content (AvgIpc) is 3.01. The van der Waals surface area contributed by atoms with E-state index >= 15 is 0 Å². The van der Waals surface area contributed by atoms with Gasteiger partial charge in [-0.05, 0) is 37.1 Å². The Morgan fingerprint density at radius 2 is 1.66 bits per heavy atom. The summed E-state index contributed by atoms with van der Waals surface area (Å²) in [6.45, 7) is 3.34. The molecule has 0 bridgehead atoms. The van der Waals surface area contributed by atoms with Crippen LogP contribution < -0.4 is 0 Å². The van der Waals surface area contributed by atoms with Gasteiger partial charge in [-0.1, -0.05) is 42.5 Å². The molecule has 3 aromatic rings. The molecule has 8 heteroatoms. The maximum atomic E-state index is 14.0. The highest BCUT2D eigenvalue weighted by atomic mass is 32.2. The van der Waals surface area contributed by atoms with Crippen molar-refractivity contribution in [3.8, 4) is 22.4 Å².